The van der Waals surface area contributed by atoms with Crippen LogP contribution < -0.4 is 0 Å². The molecule has 0 aliphatic rings. The molecule has 0 aliphatic carbocycles. The van der Waals surface area contributed by atoms with E-state index in [9.17, 15) is 13.0 Å². The molecule has 0 aliphatic heterocycles. The monoisotopic (exact) mass is 233 g/mol. The van der Waals surface area contributed by atoms with E-state index in [2.05, 4.69) is 0 Å². The Morgan fingerprint density at radius 3 is 2.15 bits per heavy atom. The van der Waals surface area contributed by atoms with Crippen LogP contribution in [0.15, 0.2) is 0 Å². The minimum Gasteiger partial charge on any atom is -0.324 e. The molecule has 3 N–H and O–H groups in total. The molecule has 0 aromatic heterocycles. The Morgan fingerprint density at radius 2 is 1.85 bits per heavy atom. The summed E-state index contributed by atoms with van der Waals surface area (Å²) >= 11 is 0. The molecule has 0 unspecified atom stereocenters. The summed E-state index contributed by atoms with van der Waals surface area (Å²) in [5.41, 5.74) is 0. The van der Waals surface area contributed by atoms with E-state index in [0.717, 1.165) is 6.26 Å². The molecule has 0 saturated carbocycles. The maximum atomic E-state index is 10.6. The number of nitrogens with zero attached hydrogens (tertiary/aromatic N) is 1. The fourth-order valence-corrected chi connectivity index (χ4v) is 1.59. The van der Waals surface area contributed by atoms with Crippen molar-refractivity contribution >= 4 is 17.6 Å². The molecule has 0 atom stereocenters. The molecule has 0 fully saturated rings. The van der Waals surface area contributed by atoms with Crippen molar-refractivity contribution in [3.8, 4) is 0 Å². The van der Waals surface area contributed by atoms with Crippen molar-refractivity contribution in [2.75, 3.05) is 19.0 Å². The molecule has 13 heavy (non-hydrogen) atoms. The Kier molecular flexibility index (Phi) is 4.50. The fourth-order valence-electron chi connectivity index (χ4n) is 0.578. The maximum absolute atomic E-state index is 10.6. The molecule has 7 nitrogen and oxygen atoms in total. The normalized spacial score (nSPS) is 13.6. The molecule has 0 heterocycles. The zero-order valence-corrected chi connectivity index (χ0v) is 8.70. The van der Waals surface area contributed by atoms with E-state index >= 15 is 0 Å². The summed E-state index contributed by atoms with van der Waals surface area (Å²) < 4.78 is 31.5. The van der Waals surface area contributed by atoms with E-state index in [-0.39, 0.29) is 17.4 Å². The molecule has 9 heteroatoms. The van der Waals surface area contributed by atoms with Gasteiger partial charge in [0.05, 0.1) is 12.4 Å². The predicted octanol–water partition coefficient (Wildman–Crippen LogP) is -0.795. The Labute approximate surface area is 76.2 Å². The molecular weight excluding hydrogens is 221 g/mol. The highest BCUT2D eigenvalue weighted by Crippen LogP contribution is 2.34. The second kappa shape index (κ2) is 4.50. The molecule has 0 amide bonds. The first-order valence-corrected chi connectivity index (χ1v) is 6.99. The summed E-state index contributed by atoms with van der Waals surface area (Å²) in [6, 6.07) is 0. The maximum Gasteiger partial charge on any atom is 0.325 e. The second-order valence-corrected chi connectivity index (χ2v) is 6.21. The Bertz CT molecular complexity index is 294. The van der Waals surface area contributed by atoms with Crippen LogP contribution in [0.4, 0.5) is 0 Å². The highest BCUT2D eigenvalue weighted by molar-refractivity contribution is 7.88. The van der Waals surface area contributed by atoms with E-state index in [0.29, 0.717) is 0 Å². The lowest BCUT2D eigenvalue weighted by molar-refractivity contribution is 0.00438. The molecule has 80 valence electrons. The van der Waals surface area contributed by atoms with Gasteiger partial charge in [-0.05, 0) is 6.42 Å². The Balaban J connectivity index is 3.87. The van der Waals surface area contributed by atoms with Crippen molar-refractivity contribution in [1.82, 2.24) is 4.47 Å². The van der Waals surface area contributed by atoms with Crippen molar-refractivity contribution in [3.05, 3.63) is 0 Å². The van der Waals surface area contributed by atoms with Gasteiger partial charge in [-0.25, -0.2) is 8.42 Å². The molecular formula is C4H12NO6PS. The number of hydrogen-bond donors (Lipinski definition) is 3. The van der Waals surface area contributed by atoms with Crippen LogP contribution in [0.1, 0.15) is 6.42 Å². The number of sulfonamides is 1. The number of hydroxylamine groups is 1. The first-order valence-electron chi connectivity index (χ1n) is 3.34. The fraction of sp³-hybridized carbons (Fsp3) is 1.00. The molecule has 0 rings (SSSR count). The quantitative estimate of drug-likeness (QED) is 0.423. The van der Waals surface area contributed by atoms with Gasteiger partial charge in [0, 0.05) is 6.54 Å². The van der Waals surface area contributed by atoms with Gasteiger partial charge in [-0.15, -0.1) is 0 Å². The Hall–Kier alpha value is 0.0200. The Morgan fingerprint density at radius 1 is 1.38 bits per heavy atom. The minimum absolute atomic E-state index is 0.0582. The van der Waals surface area contributed by atoms with Crippen molar-refractivity contribution in [2.24, 2.45) is 0 Å². The largest absolute Gasteiger partial charge is 0.325 e. The van der Waals surface area contributed by atoms with E-state index in [1.807, 2.05) is 0 Å². The summed E-state index contributed by atoms with van der Waals surface area (Å²) in [6.45, 7) is -0.316. The van der Waals surface area contributed by atoms with Crippen molar-refractivity contribution in [2.45, 2.75) is 6.42 Å². The van der Waals surface area contributed by atoms with Gasteiger partial charge < -0.3 is 9.79 Å². The van der Waals surface area contributed by atoms with Gasteiger partial charge in [0.25, 0.3) is 0 Å². The van der Waals surface area contributed by atoms with Crippen LogP contribution >= 0.6 is 7.60 Å². The third-order valence-electron chi connectivity index (χ3n) is 1.18. The van der Waals surface area contributed by atoms with Crippen LogP contribution in [0.5, 0.6) is 0 Å². The van der Waals surface area contributed by atoms with E-state index in [4.69, 9.17) is 15.0 Å². The summed E-state index contributed by atoms with van der Waals surface area (Å²) in [6.07, 6.45) is 0.262. The topological polar surface area (TPSA) is 115 Å². The van der Waals surface area contributed by atoms with Gasteiger partial charge >= 0.3 is 7.60 Å². The van der Waals surface area contributed by atoms with Crippen LogP contribution in [-0.2, 0) is 14.6 Å². The predicted molar refractivity (Wildman–Crippen MR) is 44.9 cm³/mol. The highest BCUT2D eigenvalue weighted by atomic mass is 32.2. The molecule has 0 radical (unpaired) electrons. The average molecular weight is 233 g/mol. The van der Waals surface area contributed by atoms with Crippen molar-refractivity contribution in [3.63, 3.8) is 0 Å². The average Bonchev–Trinajstić information content (AvgIpc) is 1.82. The van der Waals surface area contributed by atoms with Crippen molar-refractivity contribution < 1.29 is 28.0 Å². The lowest BCUT2D eigenvalue weighted by atomic mass is 10.5. The minimum atomic E-state index is -4.11. The standard InChI is InChI=1S/C4H12NO6PS/c1-13(10,11)5(6)3-2-4-12(7,8)9/h6H,2-4H2,1H3,(H2,7,8,9). The van der Waals surface area contributed by atoms with Crippen LogP contribution in [-0.4, -0.2) is 46.8 Å². The van der Waals surface area contributed by atoms with Crippen molar-refractivity contribution in [1.29, 1.82) is 0 Å². The van der Waals surface area contributed by atoms with Gasteiger partial charge in [-0.1, -0.05) is 4.47 Å². The molecule has 0 aromatic carbocycles. The third-order valence-corrected chi connectivity index (χ3v) is 3.03. The van der Waals surface area contributed by atoms with Gasteiger partial charge in [0.1, 0.15) is 0 Å². The SMILES string of the molecule is CS(=O)(=O)N(O)CCCP(=O)(O)O. The lowest BCUT2D eigenvalue weighted by Crippen LogP contribution is -2.27. The molecule has 0 saturated heterocycles. The molecule has 0 aromatic rings. The van der Waals surface area contributed by atoms with Gasteiger partial charge in [-0.2, -0.15) is 0 Å². The smallest absolute Gasteiger partial charge is 0.324 e. The second-order valence-electron chi connectivity index (χ2n) is 2.55. The van der Waals surface area contributed by atoms with Crippen LogP contribution in [0.3, 0.4) is 0 Å². The highest BCUT2D eigenvalue weighted by Gasteiger charge is 2.16. The zero-order valence-electron chi connectivity index (χ0n) is 6.99. The van der Waals surface area contributed by atoms with Crippen LogP contribution in [0, 0.1) is 0 Å². The summed E-state index contributed by atoms with van der Waals surface area (Å²) in [5.74, 6) is 0. The first-order chi connectivity index (χ1) is 5.63. The first kappa shape index (κ1) is 13.0. The van der Waals surface area contributed by atoms with Gasteiger partial charge in [0.2, 0.25) is 10.0 Å². The van der Waals surface area contributed by atoms with Crippen LogP contribution in [0.2, 0.25) is 0 Å². The van der Waals surface area contributed by atoms with Crippen LogP contribution in [0.25, 0.3) is 0 Å². The van der Waals surface area contributed by atoms with E-state index in [1.54, 1.807) is 0 Å². The zero-order chi connectivity index (χ0) is 10.7. The summed E-state index contributed by atoms with van der Waals surface area (Å²) in [5, 5.41) is 8.77. The van der Waals surface area contributed by atoms with E-state index < -0.39 is 23.8 Å². The van der Waals surface area contributed by atoms with Gasteiger partial charge in [-0.3, -0.25) is 9.77 Å². The summed E-state index contributed by atoms with van der Waals surface area (Å²) in [4.78, 5) is 16.8. The molecule has 0 spiro atoms. The lowest BCUT2D eigenvalue weighted by Gasteiger charge is -2.11. The number of rotatable bonds is 5. The molecule has 0 bridgehead atoms. The third kappa shape index (κ3) is 7.12. The van der Waals surface area contributed by atoms with E-state index in [1.165, 1.54) is 0 Å². The summed E-state index contributed by atoms with van der Waals surface area (Å²) in [7, 11) is -7.79. The number of hydrogen-bond acceptors (Lipinski definition) is 4. The van der Waals surface area contributed by atoms with Gasteiger partial charge in [0.15, 0.2) is 0 Å².